The Morgan fingerprint density at radius 1 is 1.43 bits per heavy atom. The number of carbonyl (C=O) groups is 1. The molecule has 0 fully saturated rings. The average molecular weight is 196 g/mol. The quantitative estimate of drug-likeness (QED) is 0.546. The van der Waals surface area contributed by atoms with Gasteiger partial charge in [0.15, 0.2) is 0 Å². The van der Waals surface area contributed by atoms with Gasteiger partial charge in [-0.2, -0.15) is 0 Å². The van der Waals surface area contributed by atoms with E-state index in [1.807, 2.05) is 0 Å². The van der Waals surface area contributed by atoms with E-state index >= 15 is 0 Å². The monoisotopic (exact) mass is 196 g/mol. The Morgan fingerprint density at radius 3 is 2.29 bits per heavy atom. The van der Waals surface area contributed by atoms with Gasteiger partial charge in [-0.05, 0) is 5.56 Å². The average Bonchev–Trinajstić information content (AvgIpc) is 2.16. The van der Waals surface area contributed by atoms with Crippen molar-refractivity contribution in [3.05, 3.63) is 39.9 Å². The Kier molecular flexibility index (Phi) is 2.78. The number of carboxylic acid groups (broad SMARTS) is 1. The molecule has 0 saturated heterocycles. The number of rotatable bonds is 3. The van der Waals surface area contributed by atoms with Gasteiger partial charge in [-0.1, -0.05) is 12.1 Å². The third-order valence-electron chi connectivity index (χ3n) is 1.73. The minimum atomic E-state index is -1.17. The van der Waals surface area contributed by atoms with Crippen LogP contribution in [0.1, 0.15) is 11.6 Å². The lowest BCUT2D eigenvalue weighted by Crippen LogP contribution is -2.20. The van der Waals surface area contributed by atoms with Crippen LogP contribution in [0.3, 0.4) is 0 Å². The molecule has 3 N–H and O–H groups in total. The Balaban J connectivity index is 2.94. The molecule has 0 saturated carbocycles. The van der Waals surface area contributed by atoms with Crippen molar-refractivity contribution in [2.75, 3.05) is 0 Å². The normalized spacial score (nSPS) is 12.1. The summed E-state index contributed by atoms with van der Waals surface area (Å²) in [5.74, 6) is -1.17. The fourth-order valence-electron chi connectivity index (χ4n) is 0.946. The van der Waals surface area contributed by atoms with Crippen molar-refractivity contribution in [2.24, 2.45) is 5.73 Å². The highest BCUT2D eigenvalue weighted by Crippen LogP contribution is 2.16. The molecule has 1 aromatic rings. The van der Waals surface area contributed by atoms with Gasteiger partial charge >= 0.3 is 5.97 Å². The van der Waals surface area contributed by atoms with Crippen LogP contribution in [0.4, 0.5) is 5.69 Å². The van der Waals surface area contributed by atoms with Crippen LogP contribution in [0.2, 0.25) is 0 Å². The summed E-state index contributed by atoms with van der Waals surface area (Å²) in [6.07, 6.45) is 0. The van der Waals surface area contributed by atoms with Crippen LogP contribution in [0.25, 0.3) is 0 Å². The molecule has 0 aliphatic rings. The standard InChI is InChI=1S/C8H8N2O4/c9-7(8(11)12)5-1-3-6(4-2-5)10(13)14/h1-4,7H,9H2,(H,11,12)/t7-/m1/s1. The maximum absolute atomic E-state index is 10.5. The van der Waals surface area contributed by atoms with E-state index in [9.17, 15) is 14.9 Å². The summed E-state index contributed by atoms with van der Waals surface area (Å²) in [6.45, 7) is 0. The van der Waals surface area contributed by atoms with Crippen molar-refractivity contribution in [3.63, 3.8) is 0 Å². The molecule has 6 nitrogen and oxygen atoms in total. The molecule has 0 amide bonds. The molecule has 0 aliphatic carbocycles. The number of aliphatic carboxylic acids is 1. The first kappa shape index (κ1) is 10.1. The molecule has 6 heteroatoms. The summed E-state index contributed by atoms with van der Waals surface area (Å²) in [5.41, 5.74) is 5.54. The highest BCUT2D eigenvalue weighted by molar-refractivity contribution is 5.75. The Morgan fingerprint density at radius 2 is 1.93 bits per heavy atom. The summed E-state index contributed by atoms with van der Waals surface area (Å²) in [5, 5.41) is 18.8. The van der Waals surface area contributed by atoms with Gasteiger partial charge in [0.2, 0.25) is 0 Å². The number of nitrogens with two attached hydrogens (primary N) is 1. The van der Waals surface area contributed by atoms with E-state index in [1.54, 1.807) is 0 Å². The van der Waals surface area contributed by atoms with Gasteiger partial charge < -0.3 is 10.8 Å². The second-order valence-electron chi connectivity index (χ2n) is 2.66. The number of benzene rings is 1. The summed E-state index contributed by atoms with van der Waals surface area (Å²) >= 11 is 0. The van der Waals surface area contributed by atoms with Crippen molar-refractivity contribution in [1.82, 2.24) is 0 Å². The molecule has 0 aliphatic heterocycles. The summed E-state index contributed by atoms with van der Waals surface area (Å²) < 4.78 is 0. The molecular formula is C8H8N2O4. The fourth-order valence-corrected chi connectivity index (χ4v) is 0.946. The van der Waals surface area contributed by atoms with Crippen LogP contribution in [0.5, 0.6) is 0 Å². The van der Waals surface area contributed by atoms with Crippen LogP contribution >= 0.6 is 0 Å². The second-order valence-corrected chi connectivity index (χ2v) is 2.66. The fraction of sp³-hybridized carbons (Fsp3) is 0.125. The first-order valence-electron chi connectivity index (χ1n) is 3.75. The van der Waals surface area contributed by atoms with Gasteiger partial charge in [0, 0.05) is 12.1 Å². The number of hydrogen-bond donors (Lipinski definition) is 2. The Labute approximate surface area is 79.1 Å². The lowest BCUT2D eigenvalue weighted by Gasteiger charge is -2.05. The van der Waals surface area contributed by atoms with E-state index in [-0.39, 0.29) is 5.69 Å². The third kappa shape index (κ3) is 2.05. The molecule has 0 unspecified atom stereocenters. The van der Waals surface area contributed by atoms with E-state index in [0.29, 0.717) is 5.56 Å². The second kappa shape index (κ2) is 3.84. The molecule has 1 aromatic carbocycles. The summed E-state index contributed by atoms with van der Waals surface area (Å²) in [6, 6.07) is 3.96. The van der Waals surface area contributed by atoms with Gasteiger partial charge in [0.1, 0.15) is 6.04 Å². The van der Waals surface area contributed by atoms with Crippen molar-refractivity contribution in [2.45, 2.75) is 6.04 Å². The van der Waals surface area contributed by atoms with Gasteiger partial charge in [0.25, 0.3) is 5.69 Å². The van der Waals surface area contributed by atoms with Crippen molar-refractivity contribution in [1.29, 1.82) is 0 Å². The van der Waals surface area contributed by atoms with Crippen LogP contribution in [0.15, 0.2) is 24.3 Å². The van der Waals surface area contributed by atoms with Crippen molar-refractivity contribution >= 4 is 11.7 Å². The third-order valence-corrected chi connectivity index (χ3v) is 1.73. The molecule has 0 aromatic heterocycles. The lowest BCUT2D eigenvalue weighted by molar-refractivity contribution is -0.384. The van der Waals surface area contributed by atoms with E-state index < -0.39 is 16.9 Å². The number of hydrogen-bond acceptors (Lipinski definition) is 4. The molecule has 1 rings (SSSR count). The molecule has 0 bridgehead atoms. The van der Waals surface area contributed by atoms with Crippen molar-refractivity contribution < 1.29 is 14.8 Å². The highest BCUT2D eigenvalue weighted by Gasteiger charge is 2.15. The van der Waals surface area contributed by atoms with E-state index in [0.717, 1.165) is 0 Å². The van der Waals surface area contributed by atoms with E-state index in [4.69, 9.17) is 10.8 Å². The summed E-state index contributed by atoms with van der Waals surface area (Å²) in [7, 11) is 0. The number of carboxylic acids is 1. The lowest BCUT2D eigenvalue weighted by atomic mass is 10.1. The number of nitro benzene ring substituents is 1. The molecule has 14 heavy (non-hydrogen) atoms. The van der Waals surface area contributed by atoms with E-state index in [2.05, 4.69) is 0 Å². The zero-order chi connectivity index (χ0) is 10.7. The molecule has 1 atom stereocenters. The number of non-ortho nitro benzene ring substituents is 1. The minimum Gasteiger partial charge on any atom is -0.480 e. The first-order valence-corrected chi connectivity index (χ1v) is 3.75. The van der Waals surface area contributed by atoms with Crippen molar-refractivity contribution in [3.8, 4) is 0 Å². The number of nitrogens with zero attached hydrogens (tertiary/aromatic N) is 1. The minimum absolute atomic E-state index is 0.0914. The van der Waals surface area contributed by atoms with Gasteiger partial charge in [-0.25, -0.2) is 0 Å². The predicted molar refractivity (Wildman–Crippen MR) is 47.7 cm³/mol. The van der Waals surface area contributed by atoms with Crippen LogP contribution in [-0.4, -0.2) is 16.0 Å². The summed E-state index contributed by atoms with van der Waals surface area (Å²) in [4.78, 5) is 20.2. The largest absolute Gasteiger partial charge is 0.480 e. The smallest absolute Gasteiger partial charge is 0.325 e. The number of nitro groups is 1. The van der Waals surface area contributed by atoms with Gasteiger partial charge in [-0.3, -0.25) is 14.9 Å². The highest BCUT2D eigenvalue weighted by atomic mass is 16.6. The molecule has 0 heterocycles. The zero-order valence-corrected chi connectivity index (χ0v) is 7.08. The maximum Gasteiger partial charge on any atom is 0.325 e. The zero-order valence-electron chi connectivity index (χ0n) is 7.08. The molecule has 0 radical (unpaired) electrons. The Hall–Kier alpha value is -1.95. The molecule has 74 valence electrons. The topological polar surface area (TPSA) is 106 Å². The van der Waals surface area contributed by atoms with Crippen LogP contribution < -0.4 is 5.73 Å². The van der Waals surface area contributed by atoms with Crippen LogP contribution in [-0.2, 0) is 4.79 Å². The SMILES string of the molecule is N[C@@H](C(=O)O)c1ccc([N+](=O)[O-])cc1. The van der Waals surface area contributed by atoms with Gasteiger partial charge in [0.05, 0.1) is 4.92 Å². The predicted octanol–water partition coefficient (Wildman–Crippen LogP) is 0.679. The molecule has 0 spiro atoms. The first-order chi connectivity index (χ1) is 6.52. The van der Waals surface area contributed by atoms with Crippen LogP contribution in [0, 0.1) is 10.1 Å². The maximum atomic E-state index is 10.5. The Bertz CT molecular complexity index is 360. The van der Waals surface area contributed by atoms with E-state index in [1.165, 1.54) is 24.3 Å². The van der Waals surface area contributed by atoms with Gasteiger partial charge in [-0.15, -0.1) is 0 Å². The molecular weight excluding hydrogens is 188 g/mol.